The predicted molar refractivity (Wildman–Crippen MR) is 131 cm³/mol. The van der Waals surface area contributed by atoms with E-state index in [0.29, 0.717) is 22.8 Å². The lowest BCUT2D eigenvalue weighted by atomic mass is 10.1. The molecule has 1 N–H and O–H groups in total. The Bertz CT molecular complexity index is 1470. The van der Waals surface area contributed by atoms with Gasteiger partial charge in [0.2, 0.25) is 0 Å². The van der Waals surface area contributed by atoms with Crippen molar-refractivity contribution in [2.75, 3.05) is 11.9 Å². The van der Waals surface area contributed by atoms with Crippen LogP contribution in [0.4, 0.5) is 5.69 Å². The molecule has 0 aliphatic carbocycles. The summed E-state index contributed by atoms with van der Waals surface area (Å²) < 4.78 is 37.1. The van der Waals surface area contributed by atoms with Crippen molar-refractivity contribution in [1.29, 1.82) is 0 Å². The number of amides is 1. The molecule has 0 bridgehead atoms. The summed E-state index contributed by atoms with van der Waals surface area (Å²) >= 11 is 0. The number of nitrogens with zero attached hydrogens (tertiary/aromatic N) is 3. The third kappa shape index (κ3) is 5.33. The first kappa shape index (κ1) is 24.4. The number of carbonyl (C=O) groups excluding carboxylic acids is 1. The van der Waals surface area contributed by atoms with E-state index < -0.39 is 16.0 Å². The maximum Gasteiger partial charge on any atom is 0.297 e. The highest BCUT2D eigenvalue weighted by Gasteiger charge is 2.22. The van der Waals surface area contributed by atoms with Gasteiger partial charge in [-0.2, -0.15) is 13.5 Å². The molecule has 0 unspecified atom stereocenters. The lowest BCUT2D eigenvalue weighted by molar-refractivity contribution is 0.102. The molecular weight excluding hydrogens is 468 g/mol. The predicted octanol–water partition coefficient (Wildman–Crippen LogP) is 4.43. The molecule has 1 amide bonds. The van der Waals surface area contributed by atoms with E-state index in [4.69, 9.17) is 8.60 Å². The Morgan fingerprint density at radius 3 is 2.51 bits per heavy atom. The molecule has 10 heteroatoms. The highest BCUT2D eigenvalue weighted by Crippen LogP contribution is 2.26. The summed E-state index contributed by atoms with van der Waals surface area (Å²) in [6, 6.07) is 14.1. The summed E-state index contributed by atoms with van der Waals surface area (Å²) in [7, 11) is -3.88. The lowest BCUT2D eigenvalue weighted by Gasteiger charge is -2.08. The average Bonchev–Trinajstić information content (AvgIpc) is 3.40. The molecule has 35 heavy (non-hydrogen) atoms. The standard InChI is InChI=1S/C25H26N4O5S/c1-16-8-10-21(11-9-16)35(31,32)34-13-12-29-19(4)22(18(3)28-29)27-25(30)23-24(33-15-26-23)20-7-5-6-17(2)14-20/h5-11,14-15H,12-13H2,1-4H3,(H,27,30). The van der Waals surface area contributed by atoms with Crippen molar-refractivity contribution in [2.24, 2.45) is 0 Å². The van der Waals surface area contributed by atoms with Crippen LogP contribution < -0.4 is 5.32 Å². The molecular formula is C25H26N4O5S. The topological polar surface area (TPSA) is 116 Å². The molecule has 182 valence electrons. The number of aryl methyl sites for hydroxylation is 3. The largest absolute Gasteiger partial charge is 0.443 e. The van der Waals surface area contributed by atoms with Gasteiger partial charge in [-0.25, -0.2) is 4.98 Å². The summed E-state index contributed by atoms with van der Waals surface area (Å²) in [5.74, 6) is -0.0529. The maximum absolute atomic E-state index is 13.0. The van der Waals surface area contributed by atoms with Crippen LogP contribution in [0.5, 0.6) is 0 Å². The number of rotatable bonds is 8. The van der Waals surface area contributed by atoms with Crippen LogP contribution in [-0.2, 0) is 20.8 Å². The molecule has 0 fully saturated rings. The van der Waals surface area contributed by atoms with E-state index in [1.165, 1.54) is 18.5 Å². The molecule has 0 atom stereocenters. The van der Waals surface area contributed by atoms with Crippen LogP contribution in [0.3, 0.4) is 0 Å². The number of anilines is 1. The third-order valence-corrected chi connectivity index (χ3v) is 6.86. The van der Waals surface area contributed by atoms with Crippen molar-refractivity contribution in [3.05, 3.63) is 83.1 Å². The van der Waals surface area contributed by atoms with Crippen molar-refractivity contribution in [2.45, 2.75) is 39.1 Å². The summed E-state index contributed by atoms with van der Waals surface area (Å²) in [5, 5.41) is 7.28. The highest BCUT2D eigenvalue weighted by molar-refractivity contribution is 7.86. The second kappa shape index (κ2) is 9.85. The van der Waals surface area contributed by atoms with E-state index in [9.17, 15) is 13.2 Å². The molecule has 0 aliphatic heterocycles. The van der Waals surface area contributed by atoms with Gasteiger partial charge in [0.05, 0.1) is 35.1 Å². The zero-order valence-corrected chi connectivity index (χ0v) is 20.7. The van der Waals surface area contributed by atoms with Gasteiger partial charge >= 0.3 is 0 Å². The van der Waals surface area contributed by atoms with Crippen LogP contribution in [0.1, 0.15) is 33.0 Å². The van der Waals surface area contributed by atoms with Gasteiger partial charge < -0.3 is 9.73 Å². The van der Waals surface area contributed by atoms with E-state index in [0.717, 1.165) is 16.7 Å². The van der Waals surface area contributed by atoms with Gasteiger partial charge in [0.1, 0.15) is 0 Å². The van der Waals surface area contributed by atoms with E-state index in [-0.39, 0.29) is 23.7 Å². The van der Waals surface area contributed by atoms with Crippen molar-refractivity contribution in [3.8, 4) is 11.3 Å². The number of hydrogen-bond donors (Lipinski definition) is 1. The van der Waals surface area contributed by atoms with Crippen LogP contribution in [0.15, 0.2) is 64.2 Å². The van der Waals surface area contributed by atoms with Gasteiger partial charge in [-0.05, 0) is 45.9 Å². The van der Waals surface area contributed by atoms with Crippen LogP contribution in [0.25, 0.3) is 11.3 Å². The molecule has 0 saturated heterocycles. The lowest BCUT2D eigenvalue weighted by Crippen LogP contribution is -2.16. The quantitative estimate of drug-likeness (QED) is 0.360. The maximum atomic E-state index is 13.0. The Labute approximate surface area is 203 Å². The van der Waals surface area contributed by atoms with Gasteiger partial charge in [0.15, 0.2) is 17.8 Å². The monoisotopic (exact) mass is 494 g/mol. The molecule has 0 radical (unpaired) electrons. The second-order valence-corrected chi connectivity index (χ2v) is 9.83. The number of benzene rings is 2. The van der Waals surface area contributed by atoms with Gasteiger partial charge in [0, 0.05) is 5.56 Å². The molecule has 2 heterocycles. The van der Waals surface area contributed by atoms with Gasteiger partial charge in [-0.3, -0.25) is 13.7 Å². The normalized spacial score (nSPS) is 11.5. The number of oxazole rings is 1. The Kier molecular flexibility index (Phi) is 6.86. The molecule has 4 rings (SSSR count). The first-order valence-electron chi connectivity index (χ1n) is 11.0. The summed E-state index contributed by atoms with van der Waals surface area (Å²) in [6.07, 6.45) is 1.24. The van der Waals surface area contributed by atoms with Gasteiger partial charge in [0.25, 0.3) is 16.0 Å². The van der Waals surface area contributed by atoms with Crippen molar-refractivity contribution in [1.82, 2.24) is 14.8 Å². The number of carbonyl (C=O) groups is 1. The minimum Gasteiger partial charge on any atom is -0.443 e. The zero-order chi connectivity index (χ0) is 25.2. The number of aromatic nitrogens is 3. The third-order valence-electron chi connectivity index (χ3n) is 5.53. The smallest absolute Gasteiger partial charge is 0.297 e. The molecule has 4 aromatic rings. The SMILES string of the molecule is Cc1ccc(S(=O)(=O)OCCn2nc(C)c(NC(=O)c3ncoc3-c3cccc(C)c3)c2C)cc1. The van der Waals surface area contributed by atoms with Crippen LogP contribution >= 0.6 is 0 Å². The Morgan fingerprint density at radius 2 is 1.80 bits per heavy atom. The molecule has 0 spiro atoms. The number of hydrogen-bond acceptors (Lipinski definition) is 7. The molecule has 0 aliphatic rings. The van der Waals surface area contributed by atoms with Gasteiger partial charge in [-0.1, -0.05) is 41.5 Å². The van der Waals surface area contributed by atoms with E-state index in [1.54, 1.807) is 30.7 Å². The first-order chi connectivity index (χ1) is 16.7. The average molecular weight is 495 g/mol. The summed E-state index contributed by atoms with van der Waals surface area (Å²) in [5.41, 5.74) is 4.67. The Balaban J connectivity index is 1.45. The van der Waals surface area contributed by atoms with Crippen LogP contribution in [-0.4, -0.2) is 35.7 Å². The van der Waals surface area contributed by atoms with E-state index in [1.807, 2.05) is 38.1 Å². The zero-order valence-electron chi connectivity index (χ0n) is 19.9. The molecule has 2 aromatic heterocycles. The van der Waals surface area contributed by atoms with Crippen molar-refractivity contribution < 1.29 is 21.8 Å². The Morgan fingerprint density at radius 1 is 1.06 bits per heavy atom. The first-order valence-corrected chi connectivity index (χ1v) is 12.4. The Hall–Kier alpha value is -3.76. The molecule has 9 nitrogen and oxygen atoms in total. The molecule has 2 aromatic carbocycles. The number of nitrogens with one attached hydrogen (secondary N) is 1. The highest BCUT2D eigenvalue weighted by atomic mass is 32.2. The minimum absolute atomic E-state index is 0.0986. The fourth-order valence-corrected chi connectivity index (χ4v) is 4.57. The summed E-state index contributed by atoms with van der Waals surface area (Å²) in [4.78, 5) is 17.2. The fraction of sp³-hybridized carbons (Fsp3) is 0.240. The van der Waals surface area contributed by atoms with Crippen molar-refractivity contribution in [3.63, 3.8) is 0 Å². The second-order valence-electron chi connectivity index (χ2n) is 8.21. The van der Waals surface area contributed by atoms with Gasteiger partial charge in [-0.15, -0.1) is 0 Å². The summed E-state index contributed by atoms with van der Waals surface area (Å²) in [6.45, 7) is 7.46. The van der Waals surface area contributed by atoms with Crippen LogP contribution in [0, 0.1) is 27.7 Å². The fourth-order valence-electron chi connectivity index (χ4n) is 3.67. The molecule has 0 saturated carbocycles. The van der Waals surface area contributed by atoms with E-state index >= 15 is 0 Å². The van der Waals surface area contributed by atoms with E-state index in [2.05, 4.69) is 15.4 Å². The van der Waals surface area contributed by atoms with Crippen molar-refractivity contribution >= 4 is 21.7 Å². The minimum atomic E-state index is -3.88. The van der Waals surface area contributed by atoms with Crippen LogP contribution in [0.2, 0.25) is 0 Å².